The Morgan fingerprint density at radius 1 is 1.00 bits per heavy atom. The fourth-order valence-corrected chi connectivity index (χ4v) is 1.51. The zero-order valence-electron chi connectivity index (χ0n) is 11.1. The molecule has 0 atom stereocenters. The summed E-state index contributed by atoms with van der Waals surface area (Å²) in [6.45, 7) is 6.59. The van der Waals surface area contributed by atoms with E-state index in [9.17, 15) is 4.79 Å². The van der Waals surface area contributed by atoms with Crippen LogP contribution in [0.1, 0.15) is 65.7 Å². The Hall–Kier alpha value is -0.790. The van der Waals surface area contributed by atoms with E-state index in [1.807, 2.05) is 13.8 Å². The van der Waals surface area contributed by atoms with E-state index in [0.29, 0.717) is 6.61 Å². The molecule has 0 radical (unpaired) electrons. The lowest BCUT2D eigenvalue weighted by Crippen LogP contribution is -2.02. The molecule has 0 aliphatic carbocycles. The van der Waals surface area contributed by atoms with Crippen LogP contribution in [0.2, 0.25) is 0 Å². The van der Waals surface area contributed by atoms with E-state index >= 15 is 0 Å². The molecule has 0 aromatic heterocycles. The summed E-state index contributed by atoms with van der Waals surface area (Å²) in [5, 5.41) is 0. The summed E-state index contributed by atoms with van der Waals surface area (Å²) in [4.78, 5) is 11.1. The van der Waals surface area contributed by atoms with Gasteiger partial charge < -0.3 is 4.74 Å². The normalized spacial score (nSPS) is 9.94. The Balaban J connectivity index is 3.21. The summed E-state index contributed by atoms with van der Waals surface area (Å²) in [5.41, 5.74) is 0.990. The van der Waals surface area contributed by atoms with Gasteiger partial charge in [-0.2, -0.15) is 0 Å². The molecular weight excluding hydrogens is 200 g/mol. The number of carbonyl (C=O) groups is 1. The zero-order chi connectivity index (χ0) is 12.2. The minimum absolute atomic E-state index is 0.203. The average Bonchev–Trinajstić information content (AvgIpc) is 2.21. The number of esters is 1. The van der Waals surface area contributed by atoms with Gasteiger partial charge in [0.15, 0.2) is 0 Å². The summed E-state index contributed by atoms with van der Waals surface area (Å²) < 4.78 is 5.07. The minimum atomic E-state index is -0.203. The first-order valence-corrected chi connectivity index (χ1v) is 6.48. The predicted molar refractivity (Wildman–Crippen MR) is 68.4 cm³/mol. The lowest BCUT2D eigenvalue weighted by molar-refractivity contribution is -0.137. The van der Waals surface area contributed by atoms with Gasteiger partial charge in [-0.25, -0.2) is 4.79 Å². The molecule has 2 nitrogen and oxygen atoms in total. The third-order valence-electron chi connectivity index (χ3n) is 2.40. The highest BCUT2D eigenvalue weighted by atomic mass is 16.5. The molecule has 0 heterocycles. The standard InChI is InChI=1S/C14H26O2/c1-4-5-6-7-8-9-10-11-16-14(15)12-13(2)3/h12H,4-11H2,1-3H3. The molecule has 0 amide bonds. The SMILES string of the molecule is CCCCCCCCCOC(=O)C=C(C)C. The molecule has 0 aliphatic rings. The Morgan fingerprint density at radius 2 is 1.56 bits per heavy atom. The smallest absolute Gasteiger partial charge is 0.330 e. The van der Waals surface area contributed by atoms with Crippen molar-refractivity contribution in [1.82, 2.24) is 0 Å². The van der Waals surface area contributed by atoms with Crippen molar-refractivity contribution in [3.8, 4) is 0 Å². The number of unbranched alkanes of at least 4 members (excludes halogenated alkanes) is 6. The molecule has 0 N–H and O–H groups in total. The van der Waals surface area contributed by atoms with Gasteiger partial charge in [0, 0.05) is 6.08 Å². The van der Waals surface area contributed by atoms with E-state index < -0.39 is 0 Å². The highest BCUT2D eigenvalue weighted by molar-refractivity contribution is 5.82. The number of hydrogen-bond acceptors (Lipinski definition) is 2. The Morgan fingerprint density at radius 3 is 2.12 bits per heavy atom. The Bertz CT molecular complexity index is 203. The van der Waals surface area contributed by atoms with Crippen LogP contribution in [0, 0.1) is 0 Å². The Kier molecular flexibility index (Phi) is 10.2. The van der Waals surface area contributed by atoms with Crippen molar-refractivity contribution in [1.29, 1.82) is 0 Å². The zero-order valence-corrected chi connectivity index (χ0v) is 11.1. The van der Waals surface area contributed by atoms with Gasteiger partial charge in [0.05, 0.1) is 6.61 Å². The third kappa shape index (κ3) is 11.3. The lowest BCUT2D eigenvalue weighted by atomic mass is 10.1. The monoisotopic (exact) mass is 226 g/mol. The molecule has 0 rings (SSSR count). The molecule has 0 bridgehead atoms. The largest absolute Gasteiger partial charge is 0.463 e. The molecular formula is C14H26O2. The number of ether oxygens (including phenoxy) is 1. The van der Waals surface area contributed by atoms with Crippen molar-refractivity contribution in [2.75, 3.05) is 6.61 Å². The second-order valence-electron chi connectivity index (χ2n) is 4.51. The number of rotatable bonds is 9. The number of hydrogen-bond donors (Lipinski definition) is 0. The second kappa shape index (κ2) is 10.7. The van der Waals surface area contributed by atoms with Gasteiger partial charge in [-0.1, -0.05) is 51.0 Å². The minimum Gasteiger partial charge on any atom is -0.463 e. The van der Waals surface area contributed by atoms with Crippen LogP contribution in [0.3, 0.4) is 0 Å². The van der Waals surface area contributed by atoms with Crippen molar-refractivity contribution in [3.05, 3.63) is 11.6 Å². The van der Waals surface area contributed by atoms with E-state index in [2.05, 4.69) is 6.92 Å². The van der Waals surface area contributed by atoms with Gasteiger partial charge in [0.2, 0.25) is 0 Å². The average molecular weight is 226 g/mol. The van der Waals surface area contributed by atoms with Crippen molar-refractivity contribution < 1.29 is 9.53 Å². The summed E-state index contributed by atoms with van der Waals surface area (Å²) in [6.07, 6.45) is 10.3. The van der Waals surface area contributed by atoms with Gasteiger partial charge in [-0.05, 0) is 20.3 Å². The van der Waals surface area contributed by atoms with E-state index in [4.69, 9.17) is 4.74 Å². The van der Waals surface area contributed by atoms with Crippen molar-refractivity contribution >= 4 is 5.97 Å². The molecule has 16 heavy (non-hydrogen) atoms. The molecule has 94 valence electrons. The first-order valence-electron chi connectivity index (χ1n) is 6.48. The molecule has 0 aromatic rings. The molecule has 0 aromatic carbocycles. The molecule has 0 fully saturated rings. The molecule has 0 spiro atoms. The summed E-state index contributed by atoms with van der Waals surface area (Å²) in [7, 11) is 0. The van der Waals surface area contributed by atoms with Crippen LogP contribution in [-0.4, -0.2) is 12.6 Å². The van der Waals surface area contributed by atoms with E-state index in [1.165, 1.54) is 38.5 Å². The van der Waals surface area contributed by atoms with Gasteiger partial charge >= 0.3 is 5.97 Å². The molecule has 0 aliphatic heterocycles. The quantitative estimate of drug-likeness (QED) is 0.334. The van der Waals surface area contributed by atoms with Crippen molar-refractivity contribution in [2.45, 2.75) is 65.7 Å². The molecule has 0 saturated carbocycles. The van der Waals surface area contributed by atoms with Gasteiger partial charge in [-0.15, -0.1) is 0 Å². The van der Waals surface area contributed by atoms with Crippen LogP contribution in [0.5, 0.6) is 0 Å². The lowest BCUT2D eigenvalue weighted by Gasteiger charge is -2.02. The summed E-state index contributed by atoms with van der Waals surface area (Å²) in [6, 6.07) is 0. The number of allylic oxidation sites excluding steroid dienone is 1. The first-order chi connectivity index (χ1) is 7.66. The van der Waals surface area contributed by atoms with Gasteiger partial charge in [0.25, 0.3) is 0 Å². The topological polar surface area (TPSA) is 26.3 Å². The fourth-order valence-electron chi connectivity index (χ4n) is 1.51. The van der Waals surface area contributed by atoms with Crippen molar-refractivity contribution in [3.63, 3.8) is 0 Å². The fraction of sp³-hybridized carbons (Fsp3) is 0.786. The highest BCUT2D eigenvalue weighted by Crippen LogP contribution is 2.06. The van der Waals surface area contributed by atoms with Crippen molar-refractivity contribution in [2.24, 2.45) is 0 Å². The van der Waals surface area contributed by atoms with Crippen LogP contribution in [0.25, 0.3) is 0 Å². The Labute approximate surface area is 100 Å². The highest BCUT2D eigenvalue weighted by Gasteiger charge is 1.97. The first kappa shape index (κ1) is 15.2. The van der Waals surface area contributed by atoms with Crippen LogP contribution in [-0.2, 0) is 9.53 Å². The van der Waals surface area contributed by atoms with E-state index in [0.717, 1.165) is 12.0 Å². The van der Waals surface area contributed by atoms with Gasteiger partial charge in [-0.3, -0.25) is 0 Å². The molecule has 0 unspecified atom stereocenters. The molecule has 2 heteroatoms. The molecule has 0 saturated heterocycles. The maximum atomic E-state index is 11.1. The summed E-state index contributed by atoms with van der Waals surface area (Å²) in [5.74, 6) is -0.203. The van der Waals surface area contributed by atoms with Gasteiger partial charge in [0.1, 0.15) is 0 Å². The maximum absolute atomic E-state index is 11.1. The van der Waals surface area contributed by atoms with Crippen LogP contribution in [0.15, 0.2) is 11.6 Å². The number of carbonyl (C=O) groups excluding carboxylic acids is 1. The van der Waals surface area contributed by atoms with Crippen LogP contribution >= 0.6 is 0 Å². The maximum Gasteiger partial charge on any atom is 0.330 e. The van der Waals surface area contributed by atoms with E-state index in [1.54, 1.807) is 6.08 Å². The van der Waals surface area contributed by atoms with Crippen LogP contribution < -0.4 is 0 Å². The predicted octanol–water partition coefficient (Wildman–Crippen LogP) is 4.25. The second-order valence-corrected chi connectivity index (χ2v) is 4.51. The summed E-state index contributed by atoms with van der Waals surface area (Å²) >= 11 is 0. The van der Waals surface area contributed by atoms with Crippen LogP contribution in [0.4, 0.5) is 0 Å². The van der Waals surface area contributed by atoms with E-state index in [-0.39, 0.29) is 5.97 Å². The third-order valence-corrected chi connectivity index (χ3v) is 2.40.